The number of nitrogens with zero attached hydrogens (tertiary/aromatic N) is 2. The minimum absolute atomic E-state index is 0.149. The van der Waals surface area contributed by atoms with E-state index in [2.05, 4.69) is 45.1 Å². The molecule has 0 saturated carbocycles. The number of thioether (sulfide) groups is 1. The fraction of sp³-hybridized carbons (Fsp3) is 0.385. The zero-order chi connectivity index (χ0) is 13.7. The van der Waals surface area contributed by atoms with Gasteiger partial charge in [0.15, 0.2) is 5.82 Å². The Morgan fingerprint density at radius 1 is 1.37 bits per heavy atom. The molecule has 0 unspecified atom stereocenters. The summed E-state index contributed by atoms with van der Waals surface area (Å²) in [6, 6.07) is 7.99. The maximum Gasteiger partial charge on any atom is 0.243 e. The number of benzene rings is 1. The number of aromatic nitrogens is 2. The first-order valence-corrected chi connectivity index (χ1v) is 7.93. The van der Waals surface area contributed by atoms with Gasteiger partial charge in [0.1, 0.15) is 0 Å². The Hall–Kier alpha value is -0.850. The molecule has 0 aliphatic carbocycles. The van der Waals surface area contributed by atoms with Gasteiger partial charge in [-0.2, -0.15) is 4.98 Å². The molecule has 0 spiro atoms. The Morgan fingerprint density at radius 3 is 2.79 bits per heavy atom. The molecule has 19 heavy (non-hydrogen) atoms. The molecule has 1 heterocycles. The third-order valence-electron chi connectivity index (χ3n) is 2.58. The average Bonchev–Trinajstić information content (AvgIpc) is 2.87. The lowest BCUT2D eigenvalue weighted by atomic mass is 10.2. The molecular weight excluding hydrogens is 326 g/mol. The van der Waals surface area contributed by atoms with Crippen molar-refractivity contribution >= 4 is 27.7 Å². The average molecular weight is 342 g/mol. The lowest BCUT2D eigenvalue weighted by Gasteiger charge is -2.02. The van der Waals surface area contributed by atoms with Crippen molar-refractivity contribution in [2.24, 2.45) is 5.73 Å². The first kappa shape index (κ1) is 14.6. The lowest BCUT2D eigenvalue weighted by Crippen LogP contribution is -2.10. The summed E-state index contributed by atoms with van der Waals surface area (Å²) >= 11 is 5.09. The molecule has 0 bridgehead atoms. The van der Waals surface area contributed by atoms with E-state index in [0.29, 0.717) is 17.5 Å². The molecule has 0 aliphatic heterocycles. The Bertz CT molecular complexity index is 515. The summed E-state index contributed by atoms with van der Waals surface area (Å²) < 4.78 is 6.25. The fourth-order valence-electron chi connectivity index (χ4n) is 1.59. The first-order chi connectivity index (χ1) is 9.19. The molecule has 1 aromatic heterocycles. The summed E-state index contributed by atoms with van der Waals surface area (Å²) in [5, 5.41) is 3.96. The predicted molar refractivity (Wildman–Crippen MR) is 79.8 cm³/mol. The van der Waals surface area contributed by atoms with Gasteiger partial charge in [-0.25, -0.2) is 0 Å². The normalized spacial score (nSPS) is 12.6. The molecule has 1 aromatic carbocycles. The summed E-state index contributed by atoms with van der Waals surface area (Å²) in [6.07, 6.45) is 1.87. The minimum atomic E-state index is -0.149. The monoisotopic (exact) mass is 341 g/mol. The van der Waals surface area contributed by atoms with Crippen molar-refractivity contribution in [1.29, 1.82) is 0 Å². The van der Waals surface area contributed by atoms with Gasteiger partial charge >= 0.3 is 0 Å². The van der Waals surface area contributed by atoms with Gasteiger partial charge < -0.3 is 10.3 Å². The SMILES string of the molecule is CCC[C@H](N)c1nc(CSc2ccc(Br)cc2)no1. The lowest BCUT2D eigenvalue weighted by molar-refractivity contribution is 0.345. The van der Waals surface area contributed by atoms with Gasteiger partial charge in [-0.1, -0.05) is 34.4 Å². The van der Waals surface area contributed by atoms with Crippen molar-refractivity contribution < 1.29 is 4.52 Å². The van der Waals surface area contributed by atoms with Crippen molar-refractivity contribution in [3.8, 4) is 0 Å². The maximum absolute atomic E-state index is 5.93. The fourth-order valence-corrected chi connectivity index (χ4v) is 2.60. The quantitative estimate of drug-likeness (QED) is 0.806. The highest BCUT2D eigenvalue weighted by Crippen LogP contribution is 2.24. The van der Waals surface area contributed by atoms with Gasteiger partial charge in [-0.05, 0) is 30.7 Å². The van der Waals surface area contributed by atoms with Crippen LogP contribution in [0.5, 0.6) is 0 Å². The van der Waals surface area contributed by atoms with E-state index in [1.54, 1.807) is 11.8 Å². The third-order valence-corrected chi connectivity index (χ3v) is 4.12. The van der Waals surface area contributed by atoms with Crippen LogP contribution in [0.4, 0.5) is 0 Å². The van der Waals surface area contributed by atoms with Crippen LogP contribution in [0.25, 0.3) is 0 Å². The molecule has 0 aliphatic rings. The molecule has 2 rings (SSSR count). The van der Waals surface area contributed by atoms with E-state index in [-0.39, 0.29) is 6.04 Å². The standard InChI is InChI=1S/C13H16BrN3OS/c1-2-3-11(15)13-16-12(17-18-13)8-19-10-6-4-9(14)5-7-10/h4-7,11H,2-3,8,15H2,1H3/t11-/m0/s1. The van der Waals surface area contributed by atoms with E-state index < -0.39 is 0 Å². The number of halogens is 1. The highest BCUT2D eigenvalue weighted by atomic mass is 79.9. The van der Waals surface area contributed by atoms with Crippen LogP contribution >= 0.6 is 27.7 Å². The second-order valence-corrected chi connectivity index (χ2v) is 6.15. The summed E-state index contributed by atoms with van der Waals surface area (Å²) in [7, 11) is 0. The van der Waals surface area contributed by atoms with E-state index in [4.69, 9.17) is 10.3 Å². The molecule has 2 N–H and O–H groups in total. The zero-order valence-corrected chi connectivity index (χ0v) is 13.1. The van der Waals surface area contributed by atoms with Crippen LogP contribution in [-0.4, -0.2) is 10.1 Å². The summed E-state index contributed by atoms with van der Waals surface area (Å²) in [4.78, 5) is 5.50. The van der Waals surface area contributed by atoms with E-state index >= 15 is 0 Å². The van der Waals surface area contributed by atoms with Gasteiger partial charge in [0.25, 0.3) is 0 Å². The van der Waals surface area contributed by atoms with Crippen molar-refractivity contribution in [2.45, 2.75) is 36.5 Å². The molecule has 2 aromatic rings. The van der Waals surface area contributed by atoms with Crippen LogP contribution in [0.15, 0.2) is 38.2 Å². The number of hydrogen-bond acceptors (Lipinski definition) is 5. The molecule has 0 fully saturated rings. The van der Waals surface area contributed by atoms with E-state index in [1.165, 1.54) is 4.90 Å². The zero-order valence-electron chi connectivity index (χ0n) is 10.7. The summed E-state index contributed by atoms with van der Waals surface area (Å²) in [6.45, 7) is 2.08. The van der Waals surface area contributed by atoms with Crippen LogP contribution in [0, 0.1) is 0 Å². The highest BCUT2D eigenvalue weighted by molar-refractivity contribution is 9.10. The Labute approximate surface area is 125 Å². The van der Waals surface area contributed by atoms with Gasteiger partial charge in [0, 0.05) is 9.37 Å². The number of nitrogens with two attached hydrogens (primary N) is 1. The van der Waals surface area contributed by atoms with Crippen LogP contribution in [-0.2, 0) is 5.75 Å². The minimum Gasteiger partial charge on any atom is -0.338 e. The third kappa shape index (κ3) is 4.33. The molecule has 1 atom stereocenters. The van der Waals surface area contributed by atoms with Crippen molar-refractivity contribution in [3.05, 3.63) is 40.5 Å². The van der Waals surface area contributed by atoms with Gasteiger partial charge in [-0.3, -0.25) is 0 Å². The molecule has 0 radical (unpaired) electrons. The molecule has 0 amide bonds. The maximum atomic E-state index is 5.93. The van der Waals surface area contributed by atoms with Crippen LogP contribution < -0.4 is 5.73 Å². The molecule has 4 nitrogen and oxygen atoms in total. The van der Waals surface area contributed by atoms with Gasteiger partial charge in [0.05, 0.1) is 11.8 Å². The smallest absolute Gasteiger partial charge is 0.243 e. The second-order valence-electron chi connectivity index (χ2n) is 4.19. The summed E-state index contributed by atoms with van der Waals surface area (Å²) in [5.41, 5.74) is 5.93. The Kier molecular flexibility index (Phi) is 5.42. The van der Waals surface area contributed by atoms with Gasteiger partial charge in [-0.15, -0.1) is 11.8 Å². The van der Waals surface area contributed by atoms with E-state index in [0.717, 1.165) is 17.3 Å². The Balaban J connectivity index is 1.91. The molecular formula is C13H16BrN3OS. The predicted octanol–water partition coefficient (Wildman–Crippen LogP) is 3.92. The highest BCUT2D eigenvalue weighted by Gasteiger charge is 2.13. The summed E-state index contributed by atoms with van der Waals surface area (Å²) in [5.74, 6) is 1.91. The molecule has 0 saturated heterocycles. The number of hydrogen-bond donors (Lipinski definition) is 1. The van der Waals surface area contributed by atoms with Crippen molar-refractivity contribution in [3.63, 3.8) is 0 Å². The molecule has 6 heteroatoms. The van der Waals surface area contributed by atoms with Crippen LogP contribution in [0.3, 0.4) is 0 Å². The molecule has 102 valence electrons. The topological polar surface area (TPSA) is 64.9 Å². The largest absolute Gasteiger partial charge is 0.338 e. The second kappa shape index (κ2) is 7.07. The van der Waals surface area contributed by atoms with E-state index in [1.807, 2.05) is 12.1 Å². The van der Waals surface area contributed by atoms with Crippen molar-refractivity contribution in [1.82, 2.24) is 10.1 Å². The van der Waals surface area contributed by atoms with E-state index in [9.17, 15) is 0 Å². The van der Waals surface area contributed by atoms with Gasteiger partial charge in [0.2, 0.25) is 5.89 Å². The Morgan fingerprint density at radius 2 is 2.11 bits per heavy atom. The van der Waals surface area contributed by atoms with Crippen molar-refractivity contribution in [2.75, 3.05) is 0 Å². The van der Waals surface area contributed by atoms with Crippen LogP contribution in [0.2, 0.25) is 0 Å². The number of rotatable bonds is 6. The van der Waals surface area contributed by atoms with Crippen LogP contribution in [0.1, 0.15) is 37.5 Å². The first-order valence-electron chi connectivity index (χ1n) is 6.15.